The van der Waals surface area contributed by atoms with Crippen molar-refractivity contribution in [2.45, 2.75) is 77.0 Å². The van der Waals surface area contributed by atoms with Gasteiger partial charge in [-0.25, -0.2) is 0 Å². The van der Waals surface area contributed by atoms with Crippen LogP contribution in [0.2, 0.25) is 0 Å². The average Bonchev–Trinajstić information content (AvgIpc) is 3.09. The van der Waals surface area contributed by atoms with Gasteiger partial charge in [0.15, 0.2) is 0 Å². The molecule has 0 aromatic heterocycles. The van der Waals surface area contributed by atoms with Crippen LogP contribution < -0.4 is 0 Å². The molecule has 0 amide bonds. The maximum atomic E-state index is 8.39. The van der Waals surface area contributed by atoms with Crippen LogP contribution in [0.25, 0.3) is 0 Å². The summed E-state index contributed by atoms with van der Waals surface area (Å²) in [6.07, 6.45) is 10.4. The van der Waals surface area contributed by atoms with Gasteiger partial charge in [0.25, 0.3) is 0 Å². The average molecular weight is 760 g/mol. The summed E-state index contributed by atoms with van der Waals surface area (Å²) >= 11 is 0. The standard InChI is InChI=1S/2C7H7.3C6H10N2O2.Fe.2Ti/c2*1-7-5-3-2-4-6-7;3*9-7-5-3-1-2-4-6(5)8-10;;;/h2*2-6H,1H2;3*9-10H,1-4H2;;;/q2*-1;;;;;;/b;;3*7-5+,8-6+;;;. The predicted molar refractivity (Wildman–Crippen MR) is 173 cm³/mol. The fourth-order valence-corrected chi connectivity index (χ4v) is 4.22. The van der Waals surface area contributed by atoms with Crippen LogP contribution in [-0.2, 0) is 60.5 Å². The molecule has 12 nitrogen and oxygen atoms in total. The predicted octanol–water partition coefficient (Wildman–Crippen LogP) is 7.39. The van der Waals surface area contributed by atoms with Gasteiger partial charge in [0.05, 0.1) is 0 Å². The molecule has 0 aliphatic heterocycles. The van der Waals surface area contributed by atoms with E-state index in [9.17, 15) is 0 Å². The van der Waals surface area contributed by atoms with Gasteiger partial charge in [-0.15, -0.1) is 24.3 Å². The zero-order chi connectivity index (χ0) is 32.4. The second-order valence-corrected chi connectivity index (χ2v) is 9.87. The van der Waals surface area contributed by atoms with Crippen molar-refractivity contribution in [3.63, 3.8) is 0 Å². The van der Waals surface area contributed by atoms with Crippen LogP contribution in [0.15, 0.2) is 91.6 Å². The van der Waals surface area contributed by atoms with E-state index in [1.165, 1.54) is 0 Å². The maximum Gasteiger partial charge on any atom is 0.104 e. The van der Waals surface area contributed by atoms with Gasteiger partial charge >= 0.3 is 0 Å². The summed E-state index contributed by atoms with van der Waals surface area (Å²) in [5, 5.41) is 68.5. The second-order valence-electron chi connectivity index (χ2n) is 9.87. The van der Waals surface area contributed by atoms with E-state index in [0.29, 0.717) is 34.3 Å². The van der Waals surface area contributed by atoms with Crippen molar-refractivity contribution in [3.05, 3.63) is 85.6 Å². The molecule has 3 aliphatic carbocycles. The van der Waals surface area contributed by atoms with Crippen LogP contribution in [0.1, 0.15) is 88.2 Å². The Balaban J connectivity index is -0.000000511. The molecule has 0 radical (unpaired) electrons. The zero-order valence-corrected chi connectivity index (χ0v) is 30.6. The van der Waals surface area contributed by atoms with E-state index in [-0.39, 0.29) is 60.5 Å². The Kier molecular flexibility index (Phi) is 32.4. The van der Waals surface area contributed by atoms with Crippen LogP contribution in [0.3, 0.4) is 0 Å². The molecule has 256 valence electrons. The van der Waals surface area contributed by atoms with Crippen LogP contribution in [0, 0.1) is 13.8 Å². The summed E-state index contributed by atoms with van der Waals surface area (Å²) < 4.78 is 0. The summed E-state index contributed by atoms with van der Waals surface area (Å²) in [5.41, 5.74) is 5.28. The Hall–Kier alpha value is -3.05. The number of hydrogen-bond acceptors (Lipinski definition) is 12. The Labute approximate surface area is 317 Å². The third-order valence-electron chi connectivity index (χ3n) is 6.64. The van der Waals surface area contributed by atoms with Crippen molar-refractivity contribution in [2.24, 2.45) is 30.9 Å². The number of rotatable bonds is 0. The minimum absolute atomic E-state index is 0. The molecule has 3 fully saturated rings. The van der Waals surface area contributed by atoms with E-state index in [4.69, 9.17) is 31.2 Å². The van der Waals surface area contributed by atoms with Crippen LogP contribution in [0.4, 0.5) is 0 Å². The molecule has 0 unspecified atom stereocenters. The van der Waals surface area contributed by atoms with Gasteiger partial charge in [-0.3, -0.25) is 0 Å². The first kappa shape index (κ1) is 48.3. The van der Waals surface area contributed by atoms with Crippen molar-refractivity contribution < 1.29 is 91.7 Å². The second kappa shape index (κ2) is 31.5. The van der Waals surface area contributed by atoms with Crippen LogP contribution in [-0.4, -0.2) is 65.5 Å². The van der Waals surface area contributed by atoms with Crippen molar-refractivity contribution in [2.75, 3.05) is 0 Å². The summed E-state index contributed by atoms with van der Waals surface area (Å²) in [6, 6.07) is 19.7. The summed E-state index contributed by atoms with van der Waals surface area (Å²) in [6.45, 7) is 7.44. The molecular weight excluding hydrogens is 716 g/mol. The van der Waals surface area contributed by atoms with Gasteiger partial charge < -0.3 is 31.2 Å². The van der Waals surface area contributed by atoms with Gasteiger partial charge in [0, 0.05) is 60.5 Å². The molecule has 3 aliphatic rings. The molecule has 0 spiro atoms. The first-order valence-corrected chi connectivity index (χ1v) is 14.4. The Morgan fingerprint density at radius 1 is 0.362 bits per heavy atom. The molecule has 15 heteroatoms. The van der Waals surface area contributed by atoms with Crippen LogP contribution in [0.5, 0.6) is 0 Å². The van der Waals surface area contributed by atoms with Gasteiger partial charge in [0.2, 0.25) is 0 Å². The van der Waals surface area contributed by atoms with E-state index >= 15 is 0 Å². The van der Waals surface area contributed by atoms with Crippen molar-refractivity contribution in [1.29, 1.82) is 0 Å². The fraction of sp³-hybridized carbons (Fsp3) is 0.375. The molecule has 0 bridgehead atoms. The van der Waals surface area contributed by atoms with E-state index in [1.807, 2.05) is 60.7 Å². The van der Waals surface area contributed by atoms with Gasteiger partial charge in [-0.1, -0.05) is 43.1 Å². The Bertz CT molecular complexity index is 1070. The number of hydrogen-bond donors (Lipinski definition) is 6. The third kappa shape index (κ3) is 21.4. The molecule has 6 N–H and O–H groups in total. The van der Waals surface area contributed by atoms with Crippen molar-refractivity contribution >= 4 is 34.3 Å². The largest absolute Gasteiger partial charge is 0.411 e. The third-order valence-corrected chi connectivity index (χ3v) is 6.64. The Morgan fingerprint density at radius 2 is 0.532 bits per heavy atom. The van der Waals surface area contributed by atoms with E-state index in [1.54, 1.807) is 0 Å². The molecule has 0 saturated heterocycles. The molecule has 0 heterocycles. The van der Waals surface area contributed by atoms with Crippen molar-refractivity contribution in [1.82, 2.24) is 0 Å². The molecule has 2 aromatic carbocycles. The van der Waals surface area contributed by atoms with E-state index < -0.39 is 0 Å². The minimum atomic E-state index is 0. The molecule has 2 aromatic rings. The minimum Gasteiger partial charge on any atom is -0.411 e. The van der Waals surface area contributed by atoms with Gasteiger partial charge in [-0.05, 0) is 77.0 Å². The Morgan fingerprint density at radius 3 is 0.638 bits per heavy atom. The normalized spacial score (nSPS) is 20.2. The summed E-state index contributed by atoms with van der Waals surface area (Å²) in [5.74, 6) is 0. The smallest absolute Gasteiger partial charge is 0.104 e. The van der Waals surface area contributed by atoms with Crippen molar-refractivity contribution in [3.8, 4) is 0 Å². The van der Waals surface area contributed by atoms with Gasteiger partial charge in [-0.2, -0.15) is 49.2 Å². The molecule has 5 rings (SSSR count). The van der Waals surface area contributed by atoms with Gasteiger partial charge in [0.1, 0.15) is 34.3 Å². The number of nitrogens with zero attached hydrogens (tertiary/aromatic N) is 6. The van der Waals surface area contributed by atoms with Crippen LogP contribution >= 0.6 is 0 Å². The van der Waals surface area contributed by atoms with E-state index in [0.717, 1.165) is 88.2 Å². The first-order chi connectivity index (χ1) is 21.4. The zero-order valence-electron chi connectivity index (χ0n) is 26.4. The SMILES string of the molecule is O/N=C1\CCCC\C1=N/O.O/N=C1\CCCC\C1=N/O.O/N=C1\CCCC\C1=N/O.[CH2-]c1ccccc1.[CH2-]c1ccccc1.[Fe].[Ti].[Ti]. The molecular formula is C32H44FeN6O6Ti2-2. The fourth-order valence-electron chi connectivity index (χ4n) is 4.22. The maximum absolute atomic E-state index is 8.39. The topological polar surface area (TPSA) is 196 Å². The number of benzene rings is 2. The first-order valence-electron chi connectivity index (χ1n) is 14.4. The number of oxime groups is 6. The monoisotopic (exact) mass is 760 g/mol. The molecule has 47 heavy (non-hydrogen) atoms. The molecule has 0 atom stereocenters. The summed E-state index contributed by atoms with van der Waals surface area (Å²) in [7, 11) is 0. The molecule has 3 saturated carbocycles. The summed E-state index contributed by atoms with van der Waals surface area (Å²) in [4.78, 5) is 0. The van der Waals surface area contributed by atoms with E-state index in [2.05, 4.69) is 44.8 Å². The quantitative estimate of drug-likeness (QED) is 0.0701.